The third-order valence-corrected chi connectivity index (χ3v) is 5.17. The average Bonchev–Trinajstić information content (AvgIpc) is 3.27. The number of fused-ring (bicyclic) bond motifs is 3. The van der Waals surface area contributed by atoms with Gasteiger partial charge in [-0.15, -0.1) is 0 Å². The van der Waals surface area contributed by atoms with Gasteiger partial charge in [0.25, 0.3) is 0 Å². The molecule has 1 fully saturated rings. The SMILES string of the molecule is Cn1ncc(C2CC(=O)NCc3nc4ccccn4c32)c1C1CC1. The van der Waals surface area contributed by atoms with Gasteiger partial charge in [0.2, 0.25) is 5.91 Å². The van der Waals surface area contributed by atoms with Crippen LogP contribution in [0.2, 0.25) is 0 Å². The minimum Gasteiger partial charge on any atom is -0.350 e. The molecular weight excluding hydrogens is 302 g/mol. The van der Waals surface area contributed by atoms with E-state index in [1.807, 2.05) is 42.3 Å². The van der Waals surface area contributed by atoms with E-state index in [2.05, 4.69) is 14.8 Å². The van der Waals surface area contributed by atoms with Crippen LogP contribution in [-0.4, -0.2) is 25.1 Å². The summed E-state index contributed by atoms with van der Waals surface area (Å²) >= 11 is 0. The van der Waals surface area contributed by atoms with Crippen LogP contribution in [0.5, 0.6) is 0 Å². The zero-order chi connectivity index (χ0) is 16.3. The molecule has 24 heavy (non-hydrogen) atoms. The Kier molecular flexibility index (Phi) is 2.83. The quantitative estimate of drug-likeness (QED) is 0.786. The van der Waals surface area contributed by atoms with Crippen LogP contribution in [0.1, 0.15) is 53.7 Å². The van der Waals surface area contributed by atoms with Gasteiger partial charge in [0.1, 0.15) is 5.65 Å². The maximum atomic E-state index is 12.3. The molecule has 0 radical (unpaired) electrons. The van der Waals surface area contributed by atoms with Crippen molar-refractivity contribution in [2.75, 3.05) is 0 Å². The van der Waals surface area contributed by atoms with E-state index in [9.17, 15) is 4.79 Å². The second-order valence-electron chi connectivity index (χ2n) is 6.79. The lowest BCUT2D eigenvalue weighted by molar-refractivity contribution is -0.121. The summed E-state index contributed by atoms with van der Waals surface area (Å²) in [5.41, 5.74) is 5.48. The maximum absolute atomic E-state index is 12.3. The lowest BCUT2D eigenvalue weighted by atomic mass is 9.90. The second-order valence-corrected chi connectivity index (χ2v) is 6.79. The van der Waals surface area contributed by atoms with Crippen molar-refractivity contribution in [2.24, 2.45) is 7.05 Å². The fourth-order valence-electron chi connectivity index (χ4n) is 3.95. The van der Waals surface area contributed by atoms with E-state index in [4.69, 9.17) is 4.98 Å². The predicted octanol–water partition coefficient (Wildman–Crippen LogP) is 2.10. The molecule has 3 aromatic heterocycles. The van der Waals surface area contributed by atoms with Crippen LogP contribution in [0.3, 0.4) is 0 Å². The number of hydrogen-bond acceptors (Lipinski definition) is 3. The van der Waals surface area contributed by atoms with E-state index in [0.29, 0.717) is 18.9 Å². The molecule has 1 unspecified atom stereocenters. The largest absolute Gasteiger partial charge is 0.350 e. The number of hydrogen-bond donors (Lipinski definition) is 1. The zero-order valence-corrected chi connectivity index (χ0v) is 13.6. The third-order valence-electron chi connectivity index (χ3n) is 5.17. The molecule has 0 saturated heterocycles. The molecule has 1 atom stereocenters. The lowest BCUT2D eigenvalue weighted by Crippen LogP contribution is -2.21. The lowest BCUT2D eigenvalue weighted by Gasteiger charge is -2.16. The van der Waals surface area contributed by atoms with Crippen LogP contribution >= 0.6 is 0 Å². The first kappa shape index (κ1) is 13.8. The average molecular weight is 321 g/mol. The Hall–Kier alpha value is -2.63. The van der Waals surface area contributed by atoms with Crippen molar-refractivity contribution in [3.63, 3.8) is 0 Å². The Morgan fingerprint density at radius 2 is 2.12 bits per heavy atom. The molecule has 5 rings (SSSR count). The van der Waals surface area contributed by atoms with Crippen LogP contribution < -0.4 is 5.32 Å². The highest BCUT2D eigenvalue weighted by Crippen LogP contribution is 2.45. The zero-order valence-electron chi connectivity index (χ0n) is 13.6. The normalized spacial score (nSPS) is 20.7. The smallest absolute Gasteiger partial charge is 0.221 e. The van der Waals surface area contributed by atoms with E-state index in [-0.39, 0.29) is 11.8 Å². The first-order chi connectivity index (χ1) is 11.7. The Bertz CT molecular complexity index is 950. The number of carbonyl (C=O) groups excluding carboxylic acids is 1. The van der Waals surface area contributed by atoms with Crippen LogP contribution in [0.15, 0.2) is 30.6 Å². The van der Waals surface area contributed by atoms with Gasteiger partial charge in [0.15, 0.2) is 0 Å². The molecule has 3 aromatic rings. The first-order valence-corrected chi connectivity index (χ1v) is 8.46. The number of nitrogens with one attached hydrogen (secondary N) is 1. The van der Waals surface area contributed by atoms with Crippen LogP contribution in [-0.2, 0) is 18.4 Å². The molecule has 1 amide bonds. The standard InChI is InChI=1S/C18H19N5O/c1-22-17(11-5-6-11)13(9-20-22)12-8-16(24)19-10-14-18(12)23-7-3-2-4-15(23)21-14/h2-4,7,9,11-12H,5-6,8,10H2,1H3,(H,19,24). The maximum Gasteiger partial charge on any atom is 0.221 e. The minimum absolute atomic E-state index is 0.00389. The Morgan fingerprint density at radius 1 is 1.25 bits per heavy atom. The Labute approximate surface area is 139 Å². The number of imidazole rings is 1. The number of aryl methyl sites for hydroxylation is 1. The van der Waals surface area contributed by atoms with E-state index in [1.54, 1.807) is 0 Å². The van der Waals surface area contributed by atoms with Gasteiger partial charge in [-0.25, -0.2) is 4.98 Å². The molecule has 0 spiro atoms. The van der Waals surface area contributed by atoms with Crippen molar-refractivity contribution < 1.29 is 4.79 Å². The number of nitrogens with zero attached hydrogens (tertiary/aromatic N) is 4. The van der Waals surface area contributed by atoms with Crippen molar-refractivity contribution in [3.05, 3.63) is 53.2 Å². The van der Waals surface area contributed by atoms with Crippen LogP contribution in [0.4, 0.5) is 0 Å². The summed E-state index contributed by atoms with van der Waals surface area (Å²) in [6.07, 6.45) is 6.86. The fraction of sp³-hybridized carbons (Fsp3) is 0.389. The van der Waals surface area contributed by atoms with E-state index >= 15 is 0 Å². The molecule has 6 heteroatoms. The molecule has 1 aliphatic heterocycles. The van der Waals surface area contributed by atoms with Crippen molar-refractivity contribution in [3.8, 4) is 0 Å². The Balaban J connectivity index is 1.74. The van der Waals surface area contributed by atoms with Crippen LogP contribution in [0.25, 0.3) is 5.65 Å². The summed E-state index contributed by atoms with van der Waals surface area (Å²) in [6, 6.07) is 6.02. The molecule has 1 saturated carbocycles. The highest BCUT2D eigenvalue weighted by molar-refractivity contribution is 5.78. The molecule has 2 aliphatic rings. The van der Waals surface area contributed by atoms with Gasteiger partial charge in [0.05, 0.1) is 24.1 Å². The third kappa shape index (κ3) is 1.99. The summed E-state index contributed by atoms with van der Waals surface area (Å²) in [5.74, 6) is 0.666. The second kappa shape index (κ2) is 4.93. The van der Waals surface area contributed by atoms with Gasteiger partial charge in [-0.2, -0.15) is 5.10 Å². The molecule has 4 heterocycles. The molecule has 0 bridgehead atoms. The van der Waals surface area contributed by atoms with Crippen molar-refractivity contribution in [1.29, 1.82) is 0 Å². The van der Waals surface area contributed by atoms with Gasteiger partial charge >= 0.3 is 0 Å². The van der Waals surface area contributed by atoms with Crippen molar-refractivity contribution in [1.82, 2.24) is 24.5 Å². The first-order valence-electron chi connectivity index (χ1n) is 8.46. The summed E-state index contributed by atoms with van der Waals surface area (Å²) in [4.78, 5) is 17.0. The van der Waals surface area contributed by atoms with E-state index < -0.39 is 0 Å². The van der Waals surface area contributed by atoms with Gasteiger partial charge < -0.3 is 9.72 Å². The number of amides is 1. The van der Waals surface area contributed by atoms with E-state index in [0.717, 1.165) is 17.0 Å². The summed E-state index contributed by atoms with van der Waals surface area (Å²) < 4.78 is 4.11. The highest BCUT2D eigenvalue weighted by Gasteiger charge is 2.36. The summed E-state index contributed by atoms with van der Waals surface area (Å²) in [6.45, 7) is 0.491. The van der Waals surface area contributed by atoms with E-state index in [1.165, 1.54) is 24.1 Å². The molecule has 0 aromatic carbocycles. The van der Waals surface area contributed by atoms with Gasteiger partial charge in [-0.3, -0.25) is 9.48 Å². The van der Waals surface area contributed by atoms with Crippen molar-refractivity contribution >= 4 is 11.6 Å². The number of carbonyl (C=O) groups is 1. The number of pyridine rings is 1. The fourth-order valence-corrected chi connectivity index (χ4v) is 3.95. The summed E-state index contributed by atoms with van der Waals surface area (Å²) in [7, 11) is 2.00. The monoisotopic (exact) mass is 321 g/mol. The molecule has 1 aliphatic carbocycles. The minimum atomic E-state index is 0.00389. The Morgan fingerprint density at radius 3 is 2.96 bits per heavy atom. The number of rotatable bonds is 2. The van der Waals surface area contributed by atoms with Gasteiger partial charge in [0, 0.05) is 42.8 Å². The highest BCUT2D eigenvalue weighted by atomic mass is 16.1. The number of aromatic nitrogens is 4. The topological polar surface area (TPSA) is 64.2 Å². The van der Waals surface area contributed by atoms with Gasteiger partial charge in [-0.05, 0) is 25.0 Å². The van der Waals surface area contributed by atoms with Gasteiger partial charge in [-0.1, -0.05) is 6.07 Å². The van der Waals surface area contributed by atoms with Crippen molar-refractivity contribution in [2.45, 2.75) is 37.6 Å². The van der Waals surface area contributed by atoms with Crippen LogP contribution in [0, 0.1) is 0 Å². The predicted molar refractivity (Wildman–Crippen MR) is 88.7 cm³/mol. The summed E-state index contributed by atoms with van der Waals surface area (Å²) in [5, 5.41) is 7.49. The molecule has 6 nitrogen and oxygen atoms in total. The molecular formula is C18H19N5O. The molecule has 122 valence electrons. The molecule has 1 N–H and O–H groups in total.